The van der Waals surface area contributed by atoms with E-state index in [1.807, 2.05) is 0 Å². The van der Waals surface area contributed by atoms with E-state index < -0.39 is 0 Å². The Morgan fingerprint density at radius 3 is 1.38 bits per heavy atom. The molecular formula is C62H42N6S. The molecule has 0 amide bonds. The molecule has 6 nitrogen and oxygen atoms in total. The maximum absolute atomic E-state index is 5.35. The molecule has 0 atom stereocenters. The van der Waals surface area contributed by atoms with Crippen LogP contribution in [0.5, 0.6) is 0 Å². The smallest absolute Gasteiger partial charge is 0.119 e. The second kappa shape index (κ2) is 15.9. The van der Waals surface area contributed by atoms with E-state index in [1.54, 1.807) is 11.8 Å². The molecule has 0 unspecified atom stereocenters. The average molecular weight is 903 g/mol. The predicted molar refractivity (Wildman–Crippen MR) is 290 cm³/mol. The summed E-state index contributed by atoms with van der Waals surface area (Å²) in [4.78, 5) is 12.5. The number of aliphatic imine (C=N–C) groups is 1. The summed E-state index contributed by atoms with van der Waals surface area (Å²) < 4.78 is 7.19. The van der Waals surface area contributed by atoms with Gasteiger partial charge in [-0.2, -0.15) is 0 Å². The van der Waals surface area contributed by atoms with Gasteiger partial charge in [0.2, 0.25) is 0 Å². The van der Waals surface area contributed by atoms with E-state index in [-0.39, 0.29) is 0 Å². The Morgan fingerprint density at radius 2 is 0.855 bits per heavy atom. The molecular weight excluding hydrogens is 861 g/mol. The average Bonchev–Trinajstić information content (AvgIpc) is 4.25. The molecule has 326 valence electrons. The van der Waals surface area contributed by atoms with Crippen LogP contribution in [0.2, 0.25) is 0 Å². The quantitative estimate of drug-likeness (QED) is 0.165. The van der Waals surface area contributed by atoms with Crippen LogP contribution < -0.4 is 4.90 Å². The molecule has 1 N–H and O–H groups in total. The first-order valence-electron chi connectivity index (χ1n) is 23.4. The van der Waals surface area contributed by atoms with Gasteiger partial charge in [0.1, 0.15) is 5.84 Å². The number of hydrogen-bond donors (Lipinski definition) is 1. The normalized spacial score (nSPS) is 12.8. The van der Waals surface area contributed by atoms with E-state index in [0.29, 0.717) is 6.42 Å². The van der Waals surface area contributed by atoms with Gasteiger partial charge in [0.25, 0.3) is 0 Å². The van der Waals surface area contributed by atoms with Gasteiger partial charge in [-0.25, -0.2) is 4.99 Å². The number of anilines is 2. The van der Waals surface area contributed by atoms with Crippen molar-refractivity contribution in [1.82, 2.24) is 18.7 Å². The van der Waals surface area contributed by atoms with E-state index >= 15 is 0 Å². The lowest BCUT2D eigenvalue weighted by Crippen LogP contribution is -2.25. The van der Waals surface area contributed by atoms with Crippen LogP contribution >= 0.6 is 11.8 Å². The lowest BCUT2D eigenvalue weighted by molar-refractivity contribution is 1.14. The fraction of sp³-hybridized carbons (Fsp3) is 0.0161. The molecule has 1 aliphatic heterocycles. The van der Waals surface area contributed by atoms with Crippen LogP contribution in [0.3, 0.4) is 0 Å². The monoisotopic (exact) mass is 902 g/mol. The zero-order valence-corrected chi connectivity index (χ0v) is 38.2. The number of nitrogens with zero attached hydrogens (tertiary/aromatic N) is 5. The number of para-hydroxylation sites is 6. The summed E-state index contributed by atoms with van der Waals surface area (Å²) in [5.74, 6) is 0.947. The van der Waals surface area contributed by atoms with Gasteiger partial charge in [0.15, 0.2) is 0 Å². The zero-order chi connectivity index (χ0) is 45.4. The minimum Gasteiger partial charge on any atom is -0.354 e. The van der Waals surface area contributed by atoms with Crippen molar-refractivity contribution in [3.8, 4) is 22.5 Å². The number of aromatic amines is 1. The highest BCUT2D eigenvalue weighted by Crippen LogP contribution is 2.42. The van der Waals surface area contributed by atoms with Crippen LogP contribution in [-0.4, -0.2) is 24.5 Å². The molecule has 14 rings (SSSR count). The molecule has 5 heterocycles. The summed E-state index contributed by atoms with van der Waals surface area (Å²) in [6.07, 6.45) is 4.83. The second-order valence-corrected chi connectivity index (χ2v) is 18.8. The summed E-state index contributed by atoms with van der Waals surface area (Å²) in [6, 6.07) is 81.1. The van der Waals surface area contributed by atoms with Crippen LogP contribution in [0.25, 0.3) is 93.6 Å². The lowest BCUT2D eigenvalue weighted by Gasteiger charge is -2.27. The highest BCUT2D eigenvalue weighted by molar-refractivity contribution is 7.99. The van der Waals surface area contributed by atoms with Crippen molar-refractivity contribution in [3.63, 3.8) is 0 Å². The van der Waals surface area contributed by atoms with Gasteiger partial charge < -0.3 is 18.7 Å². The summed E-state index contributed by atoms with van der Waals surface area (Å²) in [5.41, 5.74) is 14.8. The Bertz CT molecular complexity index is 4040. The summed E-state index contributed by atoms with van der Waals surface area (Å²) >= 11 is 1.74. The highest BCUT2D eigenvalue weighted by atomic mass is 32.2. The van der Waals surface area contributed by atoms with Crippen LogP contribution in [0.1, 0.15) is 6.42 Å². The molecule has 9 aromatic carbocycles. The fourth-order valence-electron chi connectivity index (χ4n) is 10.8. The number of rotatable bonds is 8. The van der Waals surface area contributed by atoms with E-state index in [4.69, 9.17) is 4.99 Å². The molecule has 69 heavy (non-hydrogen) atoms. The van der Waals surface area contributed by atoms with Gasteiger partial charge in [-0.1, -0.05) is 163 Å². The van der Waals surface area contributed by atoms with E-state index in [9.17, 15) is 0 Å². The largest absolute Gasteiger partial charge is 0.354 e. The van der Waals surface area contributed by atoms with Crippen LogP contribution in [-0.2, 0) is 0 Å². The number of nitrogens with one attached hydrogen (secondary N) is 1. The van der Waals surface area contributed by atoms with Crippen molar-refractivity contribution in [2.75, 3.05) is 4.90 Å². The maximum Gasteiger partial charge on any atom is 0.119 e. The zero-order valence-electron chi connectivity index (χ0n) is 37.4. The first kappa shape index (κ1) is 39.4. The van der Waals surface area contributed by atoms with E-state index in [0.717, 1.165) is 60.8 Å². The highest BCUT2D eigenvalue weighted by Gasteiger charge is 2.26. The summed E-state index contributed by atoms with van der Waals surface area (Å²) in [7, 11) is 0. The fourth-order valence-corrected chi connectivity index (χ4v) is 11.7. The van der Waals surface area contributed by atoms with Crippen molar-refractivity contribution in [2.24, 2.45) is 4.99 Å². The predicted octanol–water partition coefficient (Wildman–Crippen LogP) is 16.6. The van der Waals surface area contributed by atoms with E-state index in [1.165, 1.54) is 59.9 Å². The van der Waals surface area contributed by atoms with E-state index in [2.05, 4.69) is 260 Å². The maximum atomic E-state index is 5.35. The first-order valence-corrected chi connectivity index (χ1v) is 24.2. The van der Waals surface area contributed by atoms with Gasteiger partial charge in [0.05, 0.1) is 49.5 Å². The topological polar surface area (TPSA) is 46.2 Å². The van der Waals surface area contributed by atoms with Gasteiger partial charge in [-0.3, -0.25) is 4.90 Å². The number of benzene rings is 9. The van der Waals surface area contributed by atoms with Crippen molar-refractivity contribution in [3.05, 3.63) is 237 Å². The SMILES string of the molecule is C1=C(n2c3ccccc3c3ccccc32)CC(N(c2ccc(-c3ccccc3)cc2)c2cc(Sc3cc(-n4c5ccccc5c5ccccc54)c[nH]3)cc(-n3c4ccccc4c4ccccc43)c2)=N1. The third kappa shape index (κ3) is 6.46. The van der Waals surface area contributed by atoms with Crippen molar-refractivity contribution < 1.29 is 0 Å². The van der Waals surface area contributed by atoms with Crippen LogP contribution in [0.4, 0.5) is 11.4 Å². The Morgan fingerprint density at radius 1 is 0.406 bits per heavy atom. The molecule has 7 heteroatoms. The first-order chi connectivity index (χ1) is 34.2. The molecule has 0 saturated heterocycles. The minimum absolute atomic E-state index is 0.629. The second-order valence-electron chi connectivity index (χ2n) is 17.7. The molecule has 13 aromatic rings. The number of H-pyrrole nitrogens is 1. The number of amidine groups is 1. The minimum atomic E-state index is 0.629. The molecule has 0 saturated carbocycles. The third-order valence-corrected chi connectivity index (χ3v) is 14.7. The van der Waals surface area contributed by atoms with Gasteiger partial charge >= 0.3 is 0 Å². The Labute approximate surface area is 402 Å². The molecule has 0 bridgehead atoms. The van der Waals surface area contributed by atoms with Gasteiger partial charge in [0, 0.05) is 73.1 Å². The van der Waals surface area contributed by atoms with Crippen LogP contribution in [0, 0.1) is 0 Å². The summed E-state index contributed by atoms with van der Waals surface area (Å²) in [5, 5.41) is 8.46. The van der Waals surface area contributed by atoms with Crippen LogP contribution in [0.15, 0.2) is 252 Å². The standard InChI is InChI=1S/C62H42N6S/c1-2-16-41(17-3-1)42-30-32-43(33-31-42)65(61-37-46(39-63-61)67-57-26-12-6-20-51(57)52-21-7-13-27-58(52)67)44-34-45(66-55-24-10-4-18-49(55)50-19-5-11-25-56(50)66)36-48(35-44)69-62-38-47(40-64-62)68-59-28-14-8-22-53(59)54-23-9-15-29-60(54)68/h1-36,38-40,64H,37H2. The molecule has 0 fully saturated rings. The van der Waals surface area contributed by atoms with Crippen molar-refractivity contribution in [1.29, 1.82) is 0 Å². The van der Waals surface area contributed by atoms with Crippen molar-refractivity contribution in [2.45, 2.75) is 16.3 Å². The van der Waals surface area contributed by atoms with Crippen molar-refractivity contribution >= 4 is 100 Å². The lowest BCUT2D eigenvalue weighted by atomic mass is 10.0. The number of fused-ring (bicyclic) bond motifs is 9. The van der Waals surface area contributed by atoms with Gasteiger partial charge in [-0.05, 0) is 83.9 Å². The Kier molecular flexibility index (Phi) is 9.10. The molecule has 1 aliphatic rings. The molecule has 0 radical (unpaired) electrons. The molecule has 0 spiro atoms. The molecule has 0 aliphatic carbocycles. The Balaban J connectivity index is 0.938. The van der Waals surface area contributed by atoms with Gasteiger partial charge in [-0.15, -0.1) is 0 Å². The number of aromatic nitrogens is 4. The third-order valence-electron chi connectivity index (χ3n) is 13.7. The summed E-state index contributed by atoms with van der Waals surface area (Å²) in [6.45, 7) is 0. The molecule has 4 aromatic heterocycles. The Hall–Kier alpha value is -8.78. The number of hydrogen-bond acceptors (Lipinski definition) is 3.